The number of halogens is 2. The fourth-order valence-electron chi connectivity index (χ4n) is 3.10. The monoisotopic (exact) mass is 411 g/mol. The molecule has 0 saturated carbocycles. The van der Waals surface area contributed by atoms with E-state index in [4.69, 9.17) is 0 Å². The Bertz CT molecular complexity index is 1310. The number of nitrogens with one attached hydrogen (secondary N) is 2. The zero-order valence-corrected chi connectivity index (χ0v) is 16.3. The summed E-state index contributed by atoms with van der Waals surface area (Å²) in [5.74, 6) is -2.26. The number of carbonyl (C=O) groups is 1. The van der Waals surface area contributed by atoms with Crippen LogP contribution in [0.2, 0.25) is 0 Å². The van der Waals surface area contributed by atoms with Gasteiger partial charge in [-0.15, -0.1) is 11.3 Å². The molecule has 0 fully saturated rings. The van der Waals surface area contributed by atoms with Gasteiger partial charge in [0.05, 0.1) is 15.8 Å². The molecule has 0 bridgehead atoms. The molecule has 0 saturated heterocycles. The number of anilines is 1. The normalized spacial score (nSPS) is 11.0. The van der Waals surface area contributed by atoms with Crippen LogP contribution in [0.25, 0.3) is 21.6 Å². The Labute approximate surface area is 168 Å². The number of aromatic nitrogens is 2. The minimum absolute atomic E-state index is 0.217. The molecule has 4 aromatic rings. The maximum atomic E-state index is 14.1. The number of thiophene rings is 1. The topological polar surface area (TPSA) is 74.8 Å². The lowest BCUT2D eigenvalue weighted by Gasteiger charge is -2.07. The number of H-pyrrole nitrogens is 1. The SMILES string of the molecule is Cc1ccccc1NC(=O)c1sc2nc(-c3c(F)cccc3F)[nH]c(=O)c2c1C. The summed E-state index contributed by atoms with van der Waals surface area (Å²) in [6, 6.07) is 10.7. The van der Waals surface area contributed by atoms with E-state index in [9.17, 15) is 18.4 Å². The van der Waals surface area contributed by atoms with Crippen LogP contribution in [-0.2, 0) is 0 Å². The maximum Gasteiger partial charge on any atom is 0.266 e. The number of hydrogen-bond donors (Lipinski definition) is 2. The quantitative estimate of drug-likeness (QED) is 0.509. The second-order valence-electron chi connectivity index (χ2n) is 6.52. The van der Waals surface area contributed by atoms with Crippen molar-refractivity contribution < 1.29 is 13.6 Å². The second kappa shape index (κ2) is 7.21. The summed E-state index contributed by atoms with van der Waals surface area (Å²) >= 11 is 1.00. The molecule has 0 radical (unpaired) electrons. The predicted molar refractivity (Wildman–Crippen MR) is 109 cm³/mol. The number of para-hydroxylation sites is 1. The molecule has 5 nitrogen and oxygen atoms in total. The molecule has 4 rings (SSSR count). The highest BCUT2D eigenvalue weighted by Gasteiger charge is 2.22. The van der Waals surface area contributed by atoms with E-state index in [2.05, 4.69) is 15.3 Å². The third kappa shape index (κ3) is 3.31. The number of amides is 1. The van der Waals surface area contributed by atoms with Gasteiger partial charge < -0.3 is 10.3 Å². The molecule has 29 heavy (non-hydrogen) atoms. The van der Waals surface area contributed by atoms with E-state index in [1.165, 1.54) is 6.07 Å². The van der Waals surface area contributed by atoms with E-state index < -0.39 is 22.8 Å². The highest BCUT2D eigenvalue weighted by molar-refractivity contribution is 7.20. The summed E-state index contributed by atoms with van der Waals surface area (Å²) in [6.07, 6.45) is 0. The lowest BCUT2D eigenvalue weighted by molar-refractivity contribution is 0.103. The van der Waals surface area contributed by atoms with Crippen LogP contribution in [0.1, 0.15) is 20.8 Å². The van der Waals surface area contributed by atoms with Gasteiger partial charge in [-0.05, 0) is 43.2 Å². The molecule has 2 heterocycles. The van der Waals surface area contributed by atoms with Crippen molar-refractivity contribution in [3.05, 3.63) is 80.5 Å². The zero-order chi connectivity index (χ0) is 20.7. The molecule has 8 heteroatoms. The summed E-state index contributed by atoms with van der Waals surface area (Å²) in [4.78, 5) is 32.6. The van der Waals surface area contributed by atoms with Gasteiger partial charge >= 0.3 is 0 Å². The van der Waals surface area contributed by atoms with E-state index in [1.807, 2.05) is 25.1 Å². The standard InChI is InChI=1S/C21H15F2N3O2S/c1-10-6-3-4-9-14(10)24-20(28)17-11(2)15-19(27)25-18(26-21(15)29-17)16-12(22)7-5-8-13(16)23/h3-9H,1-2H3,(H,24,28)(H,25,26,27). The van der Waals surface area contributed by atoms with Gasteiger partial charge in [0, 0.05) is 5.69 Å². The molecular weight excluding hydrogens is 396 g/mol. The average molecular weight is 411 g/mol. The number of nitrogens with zero attached hydrogens (tertiary/aromatic N) is 1. The number of rotatable bonds is 3. The number of fused-ring (bicyclic) bond motifs is 1. The van der Waals surface area contributed by atoms with Gasteiger partial charge in [-0.3, -0.25) is 9.59 Å². The van der Waals surface area contributed by atoms with Crippen LogP contribution in [0.15, 0.2) is 47.3 Å². The fourth-order valence-corrected chi connectivity index (χ4v) is 4.17. The molecule has 0 unspecified atom stereocenters. The first-order chi connectivity index (χ1) is 13.9. The molecule has 1 amide bonds. The first-order valence-electron chi connectivity index (χ1n) is 8.71. The van der Waals surface area contributed by atoms with E-state index in [-0.39, 0.29) is 21.9 Å². The van der Waals surface area contributed by atoms with Gasteiger partial charge in [-0.1, -0.05) is 24.3 Å². The van der Waals surface area contributed by atoms with Crippen LogP contribution in [0.4, 0.5) is 14.5 Å². The zero-order valence-electron chi connectivity index (χ0n) is 15.5. The summed E-state index contributed by atoms with van der Waals surface area (Å²) in [5.41, 5.74) is 1.04. The molecule has 0 aliphatic carbocycles. The van der Waals surface area contributed by atoms with Crippen molar-refractivity contribution in [2.24, 2.45) is 0 Å². The van der Waals surface area contributed by atoms with E-state index in [0.29, 0.717) is 16.1 Å². The molecule has 0 atom stereocenters. The van der Waals surface area contributed by atoms with Gasteiger partial charge in [0.2, 0.25) is 0 Å². The summed E-state index contributed by atoms with van der Waals surface area (Å²) < 4.78 is 28.2. The Kier molecular flexibility index (Phi) is 4.71. The van der Waals surface area contributed by atoms with Crippen LogP contribution in [-0.4, -0.2) is 15.9 Å². The van der Waals surface area contributed by atoms with Gasteiger partial charge in [0.25, 0.3) is 11.5 Å². The minimum atomic E-state index is -0.835. The van der Waals surface area contributed by atoms with Crippen LogP contribution in [0.5, 0.6) is 0 Å². The number of aryl methyl sites for hydroxylation is 2. The molecule has 146 valence electrons. The van der Waals surface area contributed by atoms with Crippen molar-refractivity contribution in [3.8, 4) is 11.4 Å². The van der Waals surface area contributed by atoms with Gasteiger partial charge in [0.15, 0.2) is 0 Å². The summed E-state index contributed by atoms with van der Waals surface area (Å²) in [7, 11) is 0. The second-order valence-corrected chi connectivity index (χ2v) is 7.52. The fraction of sp³-hybridized carbons (Fsp3) is 0.0952. The number of benzene rings is 2. The van der Waals surface area contributed by atoms with Crippen molar-refractivity contribution in [1.29, 1.82) is 0 Å². The Morgan fingerprint density at radius 3 is 2.45 bits per heavy atom. The van der Waals surface area contributed by atoms with Crippen LogP contribution >= 0.6 is 11.3 Å². The smallest absolute Gasteiger partial charge is 0.266 e. The number of aromatic amines is 1. The predicted octanol–water partition coefficient (Wildman–Crippen LogP) is 4.80. The Balaban J connectivity index is 1.81. The third-order valence-corrected chi connectivity index (χ3v) is 5.78. The Morgan fingerprint density at radius 2 is 1.76 bits per heavy atom. The summed E-state index contributed by atoms with van der Waals surface area (Å²) in [6.45, 7) is 3.51. The summed E-state index contributed by atoms with van der Waals surface area (Å²) in [5, 5.41) is 3.05. The Morgan fingerprint density at radius 1 is 1.07 bits per heavy atom. The van der Waals surface area contributed by atoms with Crippen molar-refractivity contribution in [1.82, 2.24) is 9.97 Å². The maximum absolute atomic E-state index is 14.1. The molecule has 0 spiro atoms. The molecule has 2 aromatic heterocycles. The van der Waals surface area contributed by atoms with E-state index >= 15 is 0 Å². The van der Waals surface area contributed by atoms with Crippen molar-refractivity contribution in [3.63, 3.8) is 0 Å². The highest BCUT2D eigenvalue weighted by Crippen LogP contribution is 2.30. The van der Waals surface area contributed by atoms with E-state index in [1.54, 1.807) is 13.0 Å². The van der Waals surface area contributed by atoms with Gasteiger partial charge in [0.1, 0.15) is 22.3 Å². The molecule has 0 aliphatic rings. The lowest BCUT2D eigenvalue weighted by atomic mass is 10.1. The largest absolute Gasteiger partial charge is 0.321 e. The number of carbonyl (C=O) groups excluding carboxylic acids is 1. The minimum Gasteiger partial charge on any atom is -0.321 e. The Hall–Kier alpha value is -3.39. The highest BCUT2D eigenvalue weighted by atomic mass is 32.1. The van der Waals surface area contributed by atoms with Gasteiger partial charge in [-0.25, -0.2) is 13.8 Å². The molecular formula is C21H15F2N3O2S. The third-order valence-electron chi connectivity index (χ3n) is 4.60. The van der Waals surface area contributed by atoms with Crippen molar-refractivity contribution >= 4 is 33.1 Å². The molecule has 0 aliphatic heterocycles. The first-order valence-corrected chi connectivity index (χ1v) is 9.53. The lowest BCUT2D eigenvalue weighted by Crippen LogP contribution is -2.13. The van der Waals surface area contributed by atoms with Crippen LogP contribution in [0.3, 0.4) is 0 Å². The van der Waals surface area contributed by atoms with Gasteiger partial charge in [-0.2, -0.15) is 0 Å². The van der Waals surface area contributed by atoms with Crippen LogP contribution in [0, 0.1) is 25.5 Å². The van der Waals surface area contributed by atoms with Crippen molar-refractivity contribution in [2.45, 2.75) is 13.8 Å². The molecule has 2 aromatic carbocycles. The first kappa shape index (κ1) is 18.9. The van der Waals surface area contributed by atoms with Crippen LogP contribution < -0.4 is 10.9 Å². The average Bonchev–Trinajstić information content (AvgIpc) is 3.00. The van der Waals surface area contributed by atoms with Crippen molar-refractivity contribution in [2.75, 3.05) is 5.32 Å². The molecule has 2 N–H and O–H groups in total. The number of hydrogen-bond acceptors (Lipinski definition) is 4. The van der Waals surface area contributed by atoms with E-state index in [0.717, 1.165) is 29.0 Å².